The molecule has 0 rings (SSSR count). The number of rotatable bonds is 15. The maximum atomic E-state index is 11.3. The maximum Gasteiger partial charge on any atom is 0.305 e. The molecule has 0 bridgehead atoms. The minimum atomic E-state index is -0.686. The van der Waals surface area contributed by atoms with Crippen LogP contribution in [0.15, 0.2) is 12.2 Å². The summed E-state index contributed by atoms with van der Waals surface area (Å²) in [6.07, 6.45) is 16.6. The Hall–Kier alpha value is -0.830. The highest BCUT2D eigenvalue weighted by Gasteiger charge is 2.18. The molecule has 0 aliphatic carbocycles. The molecule has 0 radical (unpaired) electrons. The zero-order valence-electron chi connectivity index (χ0n) is 17.6. The van der Waals surface area contributed by atoms with Crippen LogP contribution in [0.3, 0.4) is 0 Å². The number of carbonyl (C=O) groups excluding carboxylic acids is 1. The Morgan fingerprint density at radius 2 is 1.44 bits per heavy atom. The van der Waals surface area contributed by atoms with Gasteiger partial charge >= 0.3 is 5.97 Å². The molecule has 0 aliphatic rings. The summed E-state index contributed by atoms with van der Waals surface area (Å²) in [6, 6.07) is 0. The van der Waals surface area contributed by atoms with Crippen molar-refractivity contribution in [1.29, 1.82) is 0 Å². The molecule has 0 amide bonds. The van der Waals surface area contributed by atoms with Gasteiger partial charge < -0.3 is 9.84 Å². The van der Waals surface area contributed by atoms with E-state index in [2.05, 4.69) is 6.92 Å². The smallest absolute Gasteiger partial charge is 0.305 e. The molecule has 0 aromatic carbocycles. The molecular formula is C22H44O3. The first kappa shape index (κ1) is 26.4. The third-order valence-corrected chi connectivity index (χ3v) is 4.16. The molecule has 150 valence electrons. The molecule has 0 aromatic rings. The molecule has 25 heavy (non-hydrogen) atoms. The van der Waals surface area contributed by atoms with Gasteiger partial charge in [0.25, 0.3) is 0 Å². The summed E-state index contributed by atoms with van der Waals surface area (Å²) in [5.74, 6) is -0.247. The van der Waals surface area contributed by atoms with Crippen molar-refractivity contribution in [1.82, 2.24) is 0 Å². The van der Waals surface area contributed by atoms with Crippen LogP contribution in [0.1, 0.15) is 112 Å². The van der Waals surface area contributed by atoms with Gasteiger partial charge in [0.1, 0.15) is 12.2 Å². The minimum absolute atomic E-state index is 0.247. The van der Waals surface area contributed by atoms with Gasteiger partial charge in [-0.15, -0.1) is 0 Å². The number of hydrogen-bond donors (Lipinski definition) is 1. The predicted molar refractivity (Wildman–Crippen MR) is 109 cm³/mol. The second kappa shape index (κ2) is 21.2. The Morgan fingerprint density at radius 3 is 1.92 bits per heavy atom. The van der Waals surface area contributed by atoms with Crippen LogP contribution in [-0.2, 0) is 9.53 Å². The Labute approximate surface area is 157 Å². The third-order valence-electron chi connectivity index (χ3n) is 4.16. The summed E-state index contributed by atoms with van der Waals surface area (Å²) in [5, 5.41) is 10.0. The molecule has 1 N–H and O–H groups in total. The van der Waals surface area contributed by atoms with Gasteiger partial charge in [-0.05, 0) is 19.3 Å². The SMILES string of the molecule is CC.CCCCCCCCCCC/C=C/C(O)C(CC)OC(=O)CC. The molecule has 3 nitrogen and oxygen atoms in total. The molecule has 0 saturated heterocycles. The number of hydrogen-bond acceptors (Lipinski definition) is 3. The lowest BCUT2D eigenvalue weighted by atomic mass is 10.1. The minimum Gasteiger partial charge on any atom is -0.459 e. The Bertz CT molecular complexity index is 300. The number of carbonyl (C=O) groups is 1. The lowest BCUT2D eigenvalue weighted by molar-refractivity contribution is -0.153. The molecule has 0 aliphatic heterocycles. The third kappa shape index (κ3) is 17.8. The van der Waals surface area contributed by atoms with E-state index in [1.807, 2.05) is 26.8 Å². The zero-order valence-corrected chi connectivity index (χ0v) is 17.6. The largest absolute Gasteiger partial charge is 0.459 e. The van der Waals surface area contributed by atoms with E-state index in [1.165, 1.54) is 57.8 Å². The lowest BCUT2D eigenvalue weighted by Crippen LogP contribution is -2.29. The number of ether oxygens (including phenoxy) is 1. The zero-order chi connectivity index (χ0) is 19.3. The Morgan fingerprint density at radius 1 is 0.920 bits per heavy atom. The van der Waals surface area contributed by atoms with Crippen LogP contribution in [-0.4, -0.2) is 23.3 Å². The molecule has 0 heterocycles. The van der Waals surface area contributed by atoms with E-state index in [9.17, 15) is 9.90 Å². The van der Waals surface area contributed by atoms with E-state index in [-0.39, 0.29) is 5.97 Å². The fourth-order valence-corrected chi connectivity index (χ4v) is 2.58. The van der Waals surface area contributed by atoms with E-state index in [4.69, 9.17) is 4.74 Å². The molecule has 3 heteroatoms. The van der Waals surface area contributed by atoms with Crippen molar-refractivity contribution >= 4 is 5.97 Å². The van der Waals surface area contributed by atoms with Gasteiger partial charge in [0.05, 0.1) is 0 Å². The molecule has 0 saturated carbocycles. The van der Waals surface area contributed by atoms with Gasteiger partial charge in [0.2, 0.25) is 0 Å². The Kier molecular flexibility index (Phi) is 22.4. The van der Waals surface area contributed by atoms with Gasteiger partial charge in [-0.1, -0.05) is 98.1 Å². The van der Waals surface area contributed by atoms with Crippen molar-refractivity contribution in [3.63, 3.8) is 0 Å². The maximum absolute atomic E-state index is 11.3. The molecule has 0 fully saturated rings. The van der Waals surface area contributed by atoms with Crippen LogP contribution in [0, 0.1) is 0 Å². The van der Waals surface area contributed by atoms with Gasteiger partial charge in [0, 0.05) is 6.42 Å². The first-order chi connectivity index (χ1) is 12.2. The van der Waals surface area contributed by atoms with Crippen molar-refractivity contribution in [3.8, 4) is 0 Å². The fourth-order valence-electron chi connectivity index (χ4n) is 2.58. The molecule has 0 aromatic heterocycles. The van der Waals surface area contributed by atoms with Crippen LogP contribution < -0.4 is 0 Å². The van der Waals surface area contributed by atoms with Crippen molar-refractivity contribution in [2.24, 2.45) is 0 Å². The van der Waals surface area contributed by atoms with Crippen LogP contribution in [0.25, 0.3) is 0 Å². The highest BCUT2D eigenvalue weighted by Crippen LogP contribution is 2.12. The highest BCUT2D eigenvalue weighted by molar-refractivity contribution is 5.69. The second-order valence-electron chi connectivity index (χ2n) is 6.33. The lowest BCUT2D eigenvalue weighted by Gasteiger charge is -2.19. The van der Waals surface area contributed by atoms with Gasteiger partial charge in [0.15, 0.2) is 0 Å². The number of unbranched alkanes of at least 4 members (excludes halogenated alkanes) is 9. The standard InChI is InChI=1S/C20H38O3.C2H6/c1-4-7-8-9-10-11-12-13-14-15-16-17-18(21)19(5-2)23-20(22)6-3;1-2/h16-19,21H,4-15H2,1-3H3;1-2H3/b17-16+;. The van der Waals surface area contributed by atoms with Crippen molar-refractivity contribution < 1.29 is 14.6 Å². The second-order valence-corrected chi connectivity index (χ2v) is 6.33. The number of esters is 1. The number of aliphatic hydroxyl groups excluding tert-OH is 1. The van der Waals surface area contributed by atoms with E-state index >= 15 is 0 Å². The van der Waals surface area contributed by atoms with Gasteiger partial charge in [-0.2, -0.15) is 0 Å². The van der Waals surface area contributed by atoms with Crippen LogP contribution >= 0.6 is 0 Å². The summed E-state index contributed by atoms with van der Waals surface area (Å²) in [7, 11) is 0. The normalized spacial score (nSPS) is 13.2. The molecule has 0 spiro atoms. The highest BCUT2D eigenvalue weighted by atomic mass is 16.6. The number of allylic oxidation sites excluding steroid dienone is 1. The average Bonchev–Trinajstić information content (AvgIpc) is 2.65. The van der Waals surface area contributed by atoms with E-state index in [0.717, 1.165) is 6.42 Å². The van der Waals surface area contributed by atoms with Gasteiger partial charge in [-0.3, -0.25) is 4.79 Å². The summed E-state index contributed by atoms with van der Waals surface area (Å²) in [5.41, 5.74) is 0. The quantitative estimate of drug-likeness (QED) is 0.205. The predicted octanol–water partition coefficient (Wildman–Crippen LogP) is 6.58. The van der Waals surface area contributed by atoms with Gasteiger partial charge in [-0.25, -0.2) is 0 Å². The average molecular weight is 357 g/mol. The molecule has 2 unspecified atom stereocenters. The van der Waals surface area contributed by atoms with Crippen LogP contribution in [0.4, 0.5) is 0 Å². The van der Waals surface area contributed by atoms with E-state index in [1.54, 1.807) is 13.0 Å². The molecule has 2 atom stereocenters. The van der Waals surface area contributed by atoms with Crippen LogP contribution in [0.2, 0.25) is 0 Å². The van der Waals surface area contributed by atoms with E-state index in [0.29, 0.717) is 12.8 Å². The topological polar surface area (TPSA) is 46.5 Å². The first-order valence-corrected chi connectivity index (χ1v) is 10.7. The monoisotopic (exact) mass is 356 g/mol. The van der Waals surface area contributed by atoms with Crippen molar-refractivity contribution in [3.05, 3.63) is 12.2 Å². The molecular weight excluding hydrogens is 312 g/mol. The first-order valence-electron chi connectivity index (χ1n) is 10.7. The summed E-state index contributed by atoms with van der Waals surface area (Å²) < 4.78 is 5.22. The summed E-state index contributed by atoms with van der Waals surface area (Å²) >= 11 is 0. The Balaban J connectivity index is 0. The van der Waals surface area contributed by atoms with Crippen molar-refractivity contribution in [2.45, 2.75) is 124 Å². The summed E-state index contributed by atoms with van der Waals surface area (Å²) in [6.45, 7) is 9.94. The van der Waals surface area contributed by atoms with Crippen molar-refractivity contribution in [2.75, 3.05) is 0 Å². The fraction of sp³-hybridized carbons (Fsp3) is 0.864. The van der Waals surface area contributed by atoms with E-state index < -0.39 is 12.2 Å². The summed E-state index contributed by atoms with van der Waals surface area (Å²) in [4.78, 5) is 11.3. The number of aliphatic hydroxyl groups is 1. The van der Waals surface area contributed by atoms with Crippen LogP contribution in [0.5, 0.6) is 0 Å².